The maximum atomic E-state index is 5.63. The molecule has 2 aliphatic rings. The van der Waals surface area contributed by atoms with E-state index < -0.39 is 0 Å². The van der Waals surface area contributed by atoms with Crippen LogP contribution in [0.4, 0.5) is 5.82 Å². The fraction of sp³-hybridized carbons (Fsp3) is 0.571. The van der Waals surface area contributed by atoms with Gasteiger partial charge in [0, 0.05) is 42.9 Å². The second-order valence-electron chi connectivity index (χ2n) is 6.45. The molecule has 3 heterocycles. The predicted octanol–water partition coefficient (Wildman–Crippen LogP) is 1.46. The van der Waals surface area contributed by atoms with Crippen LogP contribution in [-0.4, -0.2) is 45.1 Å². The van der Waals surface area contributed by atoms with E-state index in [0.717, 1.165) is 24.4 Å². The summed E-state index contributed by atoms with van der Waals surface area (Å²) in [5.41, 5.74) is 2.85. The summed E-state index contributed by atoms with van der Waals surface area (Å²) in [5.74, 6) is 1.07. The van der Waals surface area contributed by atoms with Gasteiger partial charge in [0.25, 0.3) is 0 Å². The highest BCUT2D eigenvalue weighted by atomic mass is 32.2. The van der Waals surface area contributed by atoms with Crippen LogP contribution in [0.3, 0.4) is 0 Å². The minimum atomic E-state index is 0.483. The Bertz CT molecular complexity index is 669. The third kappa shape index (κ3) is 1.95. The summed E-state index contributed by atoms with van der Waals surface area (Å²) in [6.07, 6.45) is 6.13. The van der Waals surface area contributed by atoms with Crippen molar-refractivity contribution in [1.82, 2.24) is 18.9 Å². The molecule has 6 nitrogen and oxygen atoms in total. The molecule has 21 heavy (non-hydrogen) atoms. The number of hydrogen-bond donors (Lipinski definition) is 1. The summed E-state index contributed by atoms with van der Waals surface area (Å²) in [4.78, 5) is 6.90. The summed E-state index contributed by atoms with van der Waals surface area (Å²) in [6, 6.07) is 2.72. The fourth-order valence-electron chi connectivity index (χ4n) is 3.77. The van der Waals surface area contributed by atoms with Gasteiger partial charge in [-0.15, -0.1) is 0 Å². The van der Waals surface area contributed by atoms with Gasteiger partial charge in [-0.1, -0.05) is 0 Å². The Hall–Kier alpha value is -1.31. The molecule has 4 rings (SSSR count). The summed E-state index contributed by atoms with van der Waals surface area (Å²) in [6.45, 7) is 4.32. The lowest BCUT2D eigenvalue weighted by atomic mass is 9.60. The van der Waals surface area contributed by atoms with Crippen LogP contribution in [0.1, 0.15) is 18.4 Å². The Kier molecular flexibility index (Phi) is 2.92. The second kappa shape index (κ2) is 4.59. The maximum absolute atomic E-state index is 5.63. The van der Waals surface area contributed by atoms with Crippen LogP contribution in [0.15, 0.2) is 18.6 Å². The highest BCUT2D eigenvalue weighted by Gasteiger charge is 2.54. The van der Waals surface area contributed by atoms with Crippen molar-refractivity contribution in [3.8, 4) is 0 Å². The number of anilines is 1. The van der Waals surface area contributed by atoms with E-state index in [-0.39, 0.29) is 0 Å². The molecule has 0 amide bonds. The molecule has 0 radical (unpaired) electrons. The van der Waals surface area contributed by atoms with Crippen LogP contribution in [0.25, 0.3) is 5.52 Å². The molecule has 2 N–H and O–H groups in total. The first kappa shape index (κ1) is 13.4. The SMILES string of the molecule is Cc1ccn2ncnc(N3CC4(CC(N(C)SN)C4)C3)c12. The van der Waals surface area contributed by atoms with E-state index in [1.807, 2.05) is 10.7 Å². The van der Waals surface area contributed by atoms with E-state index in [2.05, 4.69) is 39.3 Å². The molecule has 0 bridgehead atoms. The number of nitrogens with zero attached hydrogens (tertiary/aromatic N) is 5. The zero-order valence-electron chi connectivity index (χ0n) is 12.4. The van der Waals surface area contributed by atoms with Crippen molar-refractivity contribution in [2.75, 3.05) is 25.0 Å². The van der Waals surface area contributed by atoms with Crippen LogP contribution in [0.2, 0.25) is 0 Å². The van der Waals surface area contributed by atoms with E-state index in [4.69, 9.17) is 5.14 Å². The van der Waals surface area contributed by atoms with E-state index in [0.29, 0.717) is 11.5 Å². The van der Waals surface area contributed by atoms with E-state index in [9.17, 15) is 0 Å². The first-order valence-corrected chi connectivity index (χ1v) is 8.09. The number of nitrogens with two attached hydrogens (primary N) is 1. The average Bonchev–Trinajstić information content (AvgIpc) is 2.78. The number of hydrogen-bond acceptors (Lipinski definition) is 6. The lowest BCUT2D eigenvalue weighted by molar-refractivity contribution is 0.0240. The van der Waals surface area contributed by atoms with Crippen molar-refractivity contribution >= 4 is 23.5 Å². The molecule has 7 heteroatoms. The monoisotopic (exact) mass is 304 g/mol. The molecular formula is C14H20N6S. The Balaban J connectivity index is 1.50. The van der Waals surface area contributed by atoms with Crippen molar-refractivity contribution in [3.63, 3.8) is 0 Å². The molecule has 0 aromatic carbocycles. The van der Waals surface area contributed by atoms with Gasteiger partial charge in [0.05, 0.1) is 0 Å². The van der Waals surface area contributed by atoms with Crippen molar-refractivity contribution in [2.45, 2.75) is 25.8 Å². The molecular weight excluding hydrogens is 284 g/mol. The Morgan fingerprint density at radius 1 is 1.43 bits per heavy atom. The number of rotatable bonds is 3. The normalized spacial score (nSPS) is 21.0. The van der Waals surface area contributed by atoms with Crippen molar-refractivity contribution in [2.24, 2.45) is 10.6 Å². The summed E-state index contributed by atoms with van der Waals surface area (Å²) in [5, 5.41) is 9.90. The molecule has 0 unspecified atom stereocenters. The second-order valence-corrected chi connectivity index (χ2v) is 7.23. The van der Waals surface area contributed by atoms with Crippen molar-refractivity contribution in [1.29, 1.82) is 0 Å². The van der Waals surface area contributed by atoms with Crippen molar-refractivity contribution < 1.29 is 0 Å². The molecule has 1 aliphatic heterocycles. The Labute approximate surface area is 128 Å². The van der Waals surface area contributed by atoms with Gasteiger partial charge in [0.15, 0.2) is 5.82 Å². The third-order valence-corrected chi connectivity index (χ3v) is 5.64. The molecule has 1 saturated carbocycles. The maximum Gasteiger partial charge on any atom is 0.156 e. The van der Waals surface area contributed by atoms with E-state index in [1.165, 1.54) is 30.5 Å². The lowest BCUT2D eigenvalue weighted by Crippen LogP contribution is -2.66. The smallest absolute Gasteiger partial charge is 0.156 e. The molecule has 112 valence electrons. The largest absolute Gasteiger partial charge is 0.354 e. The number of aromatic nitrogens is 3. The summed E-state index contributed by atoms with van der Waals surface area (Å²) in [7, 11) is 2.08. The van der Waals surface area contributed by atoms with Gasteiger partial charge >= 0.3 is 0 Å². The molecule has 1 aliphatic carbocycles. The summed E-state index contributed by atoms with van der Waals surface area (Å²) < 4.78 is 4.10. The number of aryl methyl sites for hydroxylation is 1. The van der Waals surface area contributed by atoms with Crippen LogP contribution in [-0.2, 0) is 0 Å². The minimum Gasteiger partial charge on any atom is -0.354 e. The van der Waals surface area contributed by atoms with Gasteiger partial charge < -0.3 is 4.90 Å². The van der Waals surface area contributed by atoms with Gasteiger partial charge in [-0.05, 0) is 38.4 Å². The third-order valence-electron chi connectivity index (χ3n) is 5.01. The Morgan fingerprint density at radius 3 is 2.90 bits per heavy atom. The number of fused-ring (bicyclic) bond motifs is 1. The molecule has 1 spiro atoms. The molecule has 2 fully saturated rings. The Morgan fingerprint density at radius 2 is 2.19 bits per heavy atom. The molecule has 2 aromatic heterocycles. The van der Waals surface area contributed by atoms with Crippen molar-refractivity contribution in [3.05, 3.63) is 24.2 Å². The molecule has 2 aromatic rings. The van der Waals surface area contributed by atoms with Crippen LogP contribution < -0.4 is 10.0 Å². The summed E-state index contributed by atoms with van der Waals surface area (Å²) >= 11 is 1.34. The molecule has 1 saturated heterocycles. The van der Waals surface area contributed by atoms with Gasteiger partial charge in [0.1, 0.15) is 11.8 Å². The quantitative estimate of drug-likeness (QED) is 0.866. The van der Waals surface area contributed by atoms with Gasteiger partial charge in [-0.25, -0.2) is 13.8 Å². The van der Waals surface area contributed by atoms with Crippen LogP contribution in [0, 0.1) is 12.3 Å². The predicted molar refractivity (Wildman–Crippen MR) is 84.9 cm³/mol. The highest BCUT2D eigenvalue weighted by Crippen LogP contribution is 2.51. The minimum absolute atomic E-state index is 0.483. The zero-order chi connectivity index (χ0) is 14.6. The van der Waals surface area contributed by atoms with Crippen LogP contribution in [0.5, 0.6) is 0 Å². The van der Waals surface area contributed by atoms with Crippen LogP contribution >= 0.6 is 12.1 Å². The fourth-order valence-corrected chi connectivity index (χ4v) is 4.10. The standard InChI is InChI=1S/C14H20N6S/c1-10-3-4-20-12(10)13(16-9-17-20)19-7-14(8-19)5-11(6-14)18(2)21-15/h3-4,9,11H,5-8,15H2,1-2H3. The highest BCUT2D eigenvalue weighted by molar-refractivity contribution is 7.94. The zero-order valence-corrected chi connectivity index (χ0v) is 13.2. The molecule has 0 atom stereocenters. The topological polar surface area (TPSA) is 62.7 Å². The van der Waals surface area contributed by atoms with E-state index >= 15 is 0 Å². The van der Waals surface area contributed by atoms with E-state index in [1.54, 1.807) is 6.33 Å². The first-order chi connectivity index (χ1) is 10.1. The average molecular weight is 304 g/mol. The lowest BCUT2D eigenvalue weighted by Gasteiger charge is -2.60. The van der Waals surface area contributed by atoms with Gasteiger partial charge in [-0.3, -0.25) is 5.14 Å². The van der Waals surface area contributed by atoms with Gasteiger partial charge in [0.2, 0.25) is 0 Å². The van der Waals surface area contributed by atoms with Gasteiger partial charge in [-0.2, -0.15) is 5.10 Å². The first-order valence-electron chi connectivity index (χ1n) is 7.25.